The zero-order valence-electron chi connectivity index (χ0n) is 27.6. The standard InChI is InChI=1S/C35H63N3O6/c1-2-3-4-5-6-7-8-9-10-11-12-13-14-15-16-17-18-19-20-21-22-23-24-25-31(40)44-33-29(28-39)43-34(32(33)41)38-27-26-30(36)37-35(38)42/h26-27,29,32-34,39,41H,2-25,28H2,1H3,(H2,36,37,42)/t29-,32+,33-,34-/m1/s1. The number of aliphatic hydroxyl groups excluding tert-OH is 2. The summed E-state index contributed by atoms with van der Waals surface area (Å²) in [6.45, 7) is 1.83. The largest absolute Gasteiger partial charge is 0.457 e. The normalized spacial score (nSPS) is 19.9. The topological polar surface area (TPSA) is 137 Å². The highest BCUT2D eigenvalue weighted by Crippen LogP contribution is 2.31. The molecule has 2 heterocycles. The van der Waals surface area contributed by atoms with Crippen molar-refractivity contribution in [3.63, 3.8) is 0 Å². The molecule has 0 spiro atoms. The Bertz CT molecular complexity index is 926. The number of rotatable bonds is 27. The van der Waals surface area contributed by atoms with Gasteiger partial charge in [0.2, 0.25) is 0 Å². The monoisotopic (exact) mass is 621 g/mol. The number of ether oxygens (including phenoxy) is 2. The molecule has 1 aliphatic rings. The molecule has 9 nitrogen and oxygen atoms in total. The van der Waals surface area contributed by atoms with Gasteiger partial charge in [0.05, 0.1) is 6.61 Å². The van der Waals surface area contributed by atoms with Gasteiger partial charge in [-0.3, -0.25) is 9.36 Å². The van der Waals surface area contributed by atoms with E-state index < -0.39 is 42.8 Å². The molecular weight excluding hydrogens is 558 g/mol. The summed E-state index contributed by atoms with van der Waals surface area (Å²) in [6, 6.07) is 1.41. The summed E-state index contributed by atoms with van der Waals surface area (Å²) >= 11 is 0. The zero-order chi connectivity index (χ0) is 31.8. The number of unbranched alkanes of at least 4 members (excludes halogenated alkanes) is 22. The van der Waals surface area contributed by atoms with E-state index in [2.05, 4.69) is 11.9 Å². The van der Waals surface area contributed by atoms with Crippen molar-refractivity contribution in [3.05, 3.63) is 22.7 Å². The molecule has 0 unspecified atom stereocenters. The number of carbonyl (C=O) groups excluding carboxylic acids is 1. The van der Waals surface area contributed by atoms with E-state index in [-0.39, 0.29) is 12.2 Å². The summed E-state index contributed by atoms with van der Waals surface area (Å²) < 4.78 is 12.1. The molecule has 44 heavy (non-hydrogen) atoms. The number of anilines is 1. The number of nitrogens with zero attached hydrogens (tertiary/aromatic N) is 2. The van der Waals surface area contributed by atoms with E-state index in [0.29, 0.717) is 0 Å². The number of hydrogen-bond acceptors (Lipinski definition) is 8. The lowest BCUT2D eigenvalue weighted by Crippen LogP contribution is -2.39. The van der Waals surface area contributed by atoms with Gasteiger partial charge in [0.25, 0.3) is 0 Å². The van der Waals surface area contributed by atoms with E-state index in [1.165, 1.54) is 141 Å². The van der Waals surface area contributed by atoms with Crippen LogP contribution in [0.2, 0.25) is 0 Å². The second-order valence-electron chi connectivity index (χ2n) is 12.8. The lowest BCUT2D eigenvalue weighted by molar-refractivity contribution is -0.156. The van der Waals surface area contributed by atoms with Crippen molar-refractivity contribution in [2.24, 2.45) is 0 Å². The third-order valence-electron chi connectivity index (χ3n) is 8.87. The van der Waals surface area contributed by atoms with Crippen LogP contribution < -0.4 is 11.4 Å². The van der Waals surface area contributed by atoms with Crippen LogP contribution in [0, 0.1) is 0 Å². The molecule has 0 radical (unpaired) electrons. The minimum absolute atomic E-state index is 0.0517. The minimum atomic E-state index is -1.31. The molecule has 0 amide bonds. The predicted molar refractivity (Wildman–Crippen MR) is 176 cm³/mol. The Kier molecular flexibility index (Phi) is 21.1. The molecule has 1 aromatic heterocycles. The molecular formula is C35H63N3O6. The Morgan fingerprint density at radius 2 is 1.25 bits per heavy atom. The maximum absolute atomic E-state index is 12.4. The molecule has 1 fully saturated rings. The van der Waals surface area contributed by atoms with Gasteiger partial charge in [-0.25, -0.2) is 4.79 Å². The van der Waals surface area contributed by atoms with Gasteiger partial charge in [-0.1, -0.05) is 148 Å². The van der Waals surface area contributed by atoms with Crippen molar-refractivity contribution >= 4 is 11.8 Å². The second-order valence-corrected chi connectivity index (χ2v) is 12.8. The van der Waals surface area contributed by atoms with Gasteiger partial charge in [-0.05, 0) is 12.5 Å². The van der Waals surface area contributed by atoms with Crippen LogP contribution in [0.4, 0.5) is 5.82 Å². The highest BCUT2D eigenvalue weighted by Gasteiger charge is 2.47. The molecule has 254 valence electrons. The second kappa shape index (κ2) is 24.3. The molecule has 0 bridgehead atoms. The van der Waals surface area contributed by atoms with E-state index in [9.17, 15) is 19.8 Å². The lowest BCUT2D eigenvalue weighted by atomic mass is 10.0. The Balaban J connectivity index is 1.38. The van der Waals surface area contributed by atoms with Gasteiger partial charge in [0.1, 0.15) is 18.0 Å². The molecule has 0 aliphatic carbocycles. The Morgan fingerprint density at radius 1 is 0.818 bits per heavy atom. The molecule has 9 heteroatoms. The van der Waals surface area contributed by atoms with Crippen molar-refractivity contribution in [2.75, 3.05) is 12.3 Å². The third-order valence-corrected chi connectivity index (χ3v) is 8.87. The highest BCUT2D eigenvalue weighted by molar-refractivity contribution is 5.69. The van der Waals surface area contributed by atoms with Gasteiger partial charge < -0.3 is 25.4 Å². The van der Waals surface area contributed by atoms with Crippen LogP contribution in [-0.2, 0) is 14.3 Å². The van der Waals surface area contributed by atoms with E-state index in [0.717, 1.165) is 23.8 Å². The molecule has 2 rings (SSSR count). The van der Waals surface area contributed by atoms with Gasteiger partial charge in [-0.15, -0.1) is 0 Å². The van der Waals surface area contributed by atoms with Crippen LogP contribution in [0.5, 0.6) is 0 Å². The number of nitrogen functional groups attached to an aromatic ring is 1. The highest BCUT2D eigenvalue weighted by atomic mass is 16.6. The summed E-state index contributed by atoms with van der Waals surface area (Å²) in [5.41, 5.74) is 4.83. The van der Waals surface area contributed by atoms with E-state index in [4.69, 9.17) is 15.2 Å². The Morgan fingerprint density at radius 3 is 1.66 bits per heavy atom. The van der Waals surface area contributed by atoms with Crippen LogP contribution in [0.3, 0.4) is 0 Å². The van der Waals surface area contributed by atoms with Crippen molar-refractivity contribution in [1.29, 1.82) is 0 Å². The minimum Gasteiger partial charge on any atom is -0.457 e. The van der Waals surface area contributed by atoms with E-state index in [1.807, 2.05) is 0 Å². The summed E-state index contributed by atoms with van der Waals surface area (Å²) in [5, 5.41) is 20.3. The average Bonchev–Trinajstić information content (AvgIpc) is 3.31. The van der Waals surface area contributed by atoms with Crippen LogP contribution >= 0.6 is 0 Å². The molecule has 1 saturated heterocycles. The van der Waals surface area contributed by atoms with Crippen molar-refractivity contribution < 1.29 is 24.5 Å². The van der Waals surface area contributed by atoms with Crippen molar-refractivity contribution in [1.82, 2.24) is 9.55 Å². The van der Waals surface area contributed by atoms with Crippen molar-refractivity contribution in [2.45, 2.75) is 186 Å². The molecule has 1 aliphatic heterocycles. The number of carbonyl (C=O) groups is 1. The zero-order valence-corrected chi connectivity index (χ0v) is 27.6. The maximum Gasteiger partial charge on any atom is 0.351 e. The Hall–Kier alpha value is -1.97. The fraction of sp³-hybridized carbons (Fsp3) is 0.857. The quantitative estimate of drug-likeness (QED) is 0.0684. The third kappa shape index (κ3) is 15.8. The van der Waals surface area contributed by atoms with Crippen LogP contribution in [0.25, 0.3) is 0 Å². The number of aliphatic hydroxyl groups is 2. The fourth-order valence-electron chi connectivity index (χ4n) is 6.13. The first-order valence-corrected chi connectivity index (χ1v) is 18.0. The first-order chi connectivity index (χ1) is 21.5. The smallest absolute Gasteiger partial charge is 0.351 e. The number of aromatic nitrogens is 2. The number of nitrogens with two attached hydrogens (primary N) is 1. The van der Waals surface area contributed by atoms with Crippen LogP contribution in [0.1, 0.15) is 167 Å². The summed E-state index contributed by atoms with van der Waals surface area (Å²) in [5.74, 6) is -0.390. The summed E-state index contributed by atoms with van der Waals surface area (Å²) in [7, 11) is 0. The van der Waals surface area contributed by atoms with Crippen LogP contribution in [0.15, 0.2) is 17.1 Å². The summed E-state index contributed by atoms with van der Waals surface area (Å²) in [6.07, 6.45) is 27.5. The predicted octanol–water partition coefficient (Wildman–Crippen LogP) is 7.37. The molecule has 0 saturated carbocycles. The van der Waals surface area contributed by atoms with Gasteiger partial charge in [0.15, 0.2) is 12.3 Å². The molecule has 0 aromatic carbocycles. The lowest BCUT2D eigenvalue weighted by Gasteiger charge is -2.20. The van der Waals surface area contributed by atoms with Gasteiger partial charge in [0, 0.05) is 12.6 Å². The van der Waals surface area contributed by atoms with Gasteiger partial charge >= 0.3 is 11.7 Å². The van der Waals surface area contributed by atoms with E-state index in [1.54, 1.807) is 0 Å². The van der Waals surface area contributed by atoms with Crippen molar-refractivity contribution in [3.8, 4) is 0 Å². The summed E-state index contributed by atoms with van der Waals surface area (Å²) in [4.78, 5) is 28.2. The maximum atomic E-state index is 12.4. The van der Waals surface area contributed by atoms with Crippen LogP contribution in [-0.4, -0.2) is 50.7 Å². The average molecular weight is 622 g/mol. The Labute approximate surface area is 266 Å². The SMILES string of the molecule is CCCCCCCCCCCCCCCCCCCCCCCCCC(=O)O[C@H]1[C@H](O)[C@H](n2ccc(N)nc2=O)O[C@@H]1CO. The number of esters is 1. The first kappa shape index (κ1) is 38.2. The fourth-order valence-corrected chi connectivity index (χ4v) is 6.13. The number of hydrogen-bond donors (Lipinski definition) is 3. The molecule has 1 aromatic rings. The van der Waals surface area contributed by atoms with Gasteiger partial charge in [-0.2, -0.15) is 4.98 Å². The molecule has 4 N–H and O–H groups in total. The molecule has 4 atom stereocenters. The first-order valence-electron chi connectivity index (χ1n) is 18.0. The van der Waals surface area contributed by atoms with E-state index >= 15 is 0 Å².